The average molecular weight is 401 g/mol. The number of carbonyl (C=O) groups is 1. The van der Waals surface area contributed by atoms with Gasteiger partial charge in [-0.3, -0.25) is 14.7 Å². The number of carbonyl (C=O) groups excluding carboxylic acids is 1. The summed E-state index contributed by atoms with van der Waals surface area (Å²) in [7, 11) is 2.01. The molecule has 27 heavy (non-hydrogen) atoms. The highest BCUT2D eigenvalue weighted by Gasteiger charge is 2.19. The first-order valence-corrected chi connectivity index (χ1v) is 10.3. The second-order valence-electron chi connectivity index (χ2n) is 5.88. The van der Waals surface area contributed by atoms with Crippen molar-refractivity contribution in [3.05, 3.63) is 59.9 Å². The van der Waals surface area contributed by atoms with E-state index in [0.29, 0.717) is 15.0 Å². The number of nitrogens with zero attached hydrogens (tertiary/aromatic N) is 3. The van der Waals surface area contributed by atoms with Crippen LogP contribution in [0, 0.1) is 6.92 Å². The second kappa shape index (κ2) is 8.51. The van der Waals surface area contributed by atoms with E-state index in [1.165, 1.54) is 16.2 Å². The maximum absolute atomic E-state index is 12.6. The van der Waals surface area contributed by atoms with Gasteiger partial charge in [-0.25, -0.2) is 13.9 Å². The van der Waals surface area contributed by atoms with E-state index in [-0.39, 0.29) is 12.3 Å². The molecule has 140 valence electrons. The molecule has 8 heteroatoms. The number of aryl methyl sites for hydroxylation is 1. The molecule has 0 spiro atoms. The summed E-state index contributed by atoms with van der Waals surface area (Å²) in [5.41, 5.74) is 3.49. The van der Waals surface area contributed by atoms with Gasteiger partial charge < -0.3 is 0 Å². The van der Waals surface area contributed by atoms with Gasteiger partial charge in [0, 0.05) is 18.8 Å². The summed E-state index contributed by atoms with van der Waals surface area (Å²) in [5, 5.41) is 0.543. The van der Waals surface area contributed by atoms with Crippen LogP contribution in [0.5, 0.6) is 0 Å². The summed E-state index contributed by atoms with van der Waals surface area (Å²) < 4.78 is 15.3. The molecule has 6 nitrogen and oxygen atoms in total. The third-order valence-electron chi connectivity index (χ3n) is 4.03. The van der Waals surface area contributed by atoms with Crippen molar-refractivity contribution >= 4 is 33.4 Å². The molecule has 1 unspecified atom stereocenters. The Morgan fingerprint density at radius 1 is 1.22 bits per heavy atom. The summed E-state index contributed by atoms with van der Waals surface area (Å²) in [6, 6.07) is 13.6. The molecule has 0 saturated carbocycles. The molecule has 0 aliphatic rings. The van der Waals surface area contributed by atoms with Gasteiger partial charge in [0.05, 0.1) is 17.8 Å². The lowest BCUT2D eigenvalue weighted by Gasteiger charge is -2.13. The zero-order chi connectivity index (χ0) is 19.4. The fraction of sp³-hybridized carbons (Fsp3) is 0.211. The molecule has 0 aliphatic carbocycles. The van der Waals surface area contributed by atoms with Gasteiger partial charge in [0.1, 0.15) is 15.2 Å². The molecule has 1 amide bonds. The zero-order valence-corrected chi connectivity index (χ0v) is 16.9. The number of thiazole rings is 1. The Kier molecular flexibility index (Phi) is 6.10. The van der Waals surface area contributed by atoms with Crippen molar-refractivity contribution in [1.29, 1.82) is 0 Å². The van der Waals surface area contributed by atoms with E-state index in [9.17, 15) is 9.00 Å². The Hall–Kier alpha value is -2.42. The van der Waals surface area contributed by atoms with Gasteiger partial charge >= 0.3 is 0 Å². The molecular formula is C19H20N4O2S2. The number of anilines is 1. The van der Waals surface area contributed by atoms with Gasteiger partial charge in [0.2, 0.25) is 5.91 Å². The van der Waals surface area contributed by atoms with Crippen LogP contribution in [0.3, 0.4) is 0 Å². The first-order chi connectivity index (χ1) is 13.0. The molecule has 0 radical (unpaired) electrons. The minimum atomic E-state index is -1.31. The lowest BCUT2D eigenvalue weighted by Crippen LogP contribution is -2.27. The number of rotatable bonds is 6. The SMILES string of the molecule is CNS(=O)c1sc(N(C)C(=O)Cc2ccc(-c3ccccn3)cc2)nc1C. The lowest BCUT2D eigenvalue weighted by atomic mass is 10.1. The van der Waals surface area contributed by atoms with Gasteiger partial charge in [-0.2, -0.15) is 0 Å². The monoisotopic (exact) mass is 400 g/mol. The Morgan fingerprint density at radius 3 is 2.59 bits per heavy atom. The van der Waals surface area contributed by atoms with Crippen LogP contribution in [-0.2, 0) is 22.2 Å². The molecular weight excluding hydrogens is 380 g/mol. The fourth-order valence-corrected chi connectivity index (χ4v) is 4.56. The largest absolute Gasteiger partial charge is 0.291 e. The average Bonchev–Trinajstić information content (AvgIpc) is 3.09. The molecule has 1 N–H and O–H groups in total. The zero-order valence-electron chi connectivity index (χ0n) is 15.3. The Labute approximate surface area is 164 Å². The van der Waals surface area contributed by atoms with Crippen molar-refractivity contribution in [2.75, 3.05) is 19.0 Å². The summed E-state index contributed by atoms with van der Waals surface area (Å²) >= 11 is 1.26. The highest BCUT2D eigenvalue weighted by atomic mass is 32.2. The van der Waals surface area contributed by atoms with E-state index in [2.05, 4.69) is 14.7 Å². The van der Waals surface area contributed by atoms with Crippen LogP contribution in [0.25, 0.3) is 11.3 Å². The van der Waals surface area contributed by atoms with Gasteiger partial charge in [0.25, 0.3) is 0 Å². The van der Waals surface area contributed by atoms with Crippen molar-refractivity contribution in [3.8, 4) is 11.3 Å². The Bertz CT molecular complexity index is 956. The van der Waals surface area contributed by atoms with Crippen LogP contribution in [-0.4, -0.2) is 34.2 Å². The van der Waals surface area contributed by atoms with Crippen molar-refractivity contribution in [3.63, 3.8) is 0 Å². The first-order valence-electron chi connectivity index (χ1n) is 8.33. The van der Waals surface area contributed by atoms with Crippen LogP contribution < -0.4 is 9.62 Å². The van der Waals surface area contributed by atoms with Crippen LogP contribution >= 0.6 is 11.3 Å². The smallest absolute Gasteiger partial charge is 0.232 e. The number of benzene rings is 1. The molecule has 1 aromatic carbocycles. The molecule has 3 rings (SSSR count). The third-order valence-corrected chi connectivity index (χ3v) is 6.76. The summed E-state index contributed by atoms with van der Waals surface area (Å²) in [5.74, 6) is -0.0730. The number of hydrogen-bond acceptors (Lipinski definition) is 5. The number of hydrogen-bond donors (Lipinski definition) is 1. The molecule has 2 heterocycles. The maximum Gasteiger partial charge on any atom is 0.232 e. The highest BCUT2D eigenvalue weighted by molar-refractivity contribution is 7.85. The first kappa shape index (κ1) is 19.3. The van der Waals surface area contributed by atoms with E-state index < -0.39 is 11.0 Å². The normalized spacial score (nSPS) is 12.0. The molecule has 0 fully saturated rings. The predicted octanol–water partition coefficient (Wildman–Crippen LogP) is 2.96. The van der Waals surface area contributed by atoms with Crippen molar-refractivity contribution in [2.24, 2.45) is 0 Å². The second-order valence-corrected chi connectivity index (χ2v) is 8.47. The molecule has 1 atom stereocenters. The van der Waals surface area contributed by atoms with E-state index in [0.717, 1.165) is 16.8 Å². The number of amides is 1. The number of likely N-dealkylation sites (N-methyl/N-ethyl adjacent to an activating group) is 1. The third kappa shape index (κ3) is 4.47. The van der Waals surface area contributed by atoms with Crippen LogP contribution in [0.2, 0.25) is 0 Å². The Balaban J connectivity index is 1.70. The molecule has 2 aromatic heterocycles. The number of nitrogens with one attached hydrogen (secondary N) is 1. The minimum absolute atomic E-state index is 0.0730. The fourth-order valence-electron chi connectivity index (χ4n) is 2.50. The van der Waals surface area contributed by atoms with Gasteiger partial charge in [-0.05, 0) is 31.7 Å². The van der Waals surface area contributed by atoms with Crippen molar-refractivity contribution in [2.45, 2.75) is 17.6 Å². The maximum atomic E-state index is 12.6. The molecule has 3 aromatic rings. The topological polar surface area (TPSA) is 75.2 Å². The lowest BCUT2D eigenvalue weighted by molar-refractivity contribution is -0.117. The van der Waals surface area contributed by atoms with Gasteiger partial charge in [0.15, 0.2) is 5.13 Å². The quantitative estimate of drug-likeness (QED) is 0.690. The summed E-state index contributed by atoms with van der Waals surface area (Å²) in [6.07, 6.45) is 2.02. The molecule has 0 aliphatic heterocycles. The predicted molar refractivity (Wildman–Crippen MR) is 109 cm³/mol. The van der Waals surface area contributed by atoms with Crippen LogP contribution in [0.4, 0.5) is 5.13 Å². The van der Waals surface area contributed by atoms with E-state index in [1.807, 2.05) is 42.5 Å². The molecule has 0 saturated heterocycles. The summed E-state index contributed by atoms with van der Waals surface area (Å²) in [6.45, 7) is 1.79. The van der Waals surface area contributed by atoms with Gasteiger partial charge in [-0.15, -0.1) is 0 Å². The summed E-state index contributed by atoms with van der Waals surface area (Å²) in [4.78, 5) is 22.8. The highest BCUT2D eigenvalue weighted by Crippen LogP contribution is 2.28. The van der Waals surface area contributed by atoms with E-state index >= 15 is 0 Å². The van der Waals surface area contributed by atoms with Crippen molar-refractivity contribution in [1.82, 2.24) is 14.7 Å². The molecule has 0 bridgehead atoms. The van der Waals surface area contributed by atoms with E-state index in [1.54, 1.807) is 27.2 Å². The van der Waals surface area contributed by atoms with Crippen molar-refractivity contribution < 1.29 is 9.00 Å². The number of aromatic nitrogens is 2. The Morgan fingerprint density at radius 2 is 1.96 bits per heavy atom. The standard InChI is InChI=1S/C19H20N4O2S2/c1-13-18(27(25)20-2)26-19(22-13)23(3)17(24)12-14-7-9-15(10-8-14)16-6-4-5-11-21-16/h4-11,20H,12H2,1-3H3. The van der Waals surface area contributed by atoms with Gasteiger partial charge in [-0.1, -0.05) is 41.7 Å². The number of pyridine rings is 1. The van der Waals surface area contributed by atoms with Crippen LogP contribution in [0.1, 0.15) is 11.3 Å². The van der Waals surface area contributed by atoms with Crippen LogP contribution in [0.15, 0.2) is 52.9 Å². The minimum Gasteiger partial charge on any atom is -0.291 e. The van der Waals surface area contributed by atoms with E-state index in [4.69, 9.17) is 0 Å².